The summed E-state index contributed by atoms with van der Waals surface area (Å²) in [6.07, 6.45) is 2.53. The van der Waals surface area contributed by atoms with Gasteiger partial charge in [0, 0.05) is 23.3 Å². The Bertz CT molecular complexity index is 806. The van der Waals surface area contributed by atoms with Crippen molar-refractivity contribution in [2.45, 2.75) is 25.7 Å². The molecular formula is C19H21ClFN2O2+. The van der Waals surface area contributed by atoms with Gasteiger partial charge in [0.2, 0.25) is 12.1 Å². The van der Waals surface area contributed by atoms with Gasteiger partial charge >= 0.3 is 0 Å². The van der Waals surface area contributed by atoms with Crippen molar-refractivity contribution in [2.24, 2.45) is 0 Å². The Labute approximate surface area is 151 Å². The van der Waals surface area contributed by atoms with Crippen LogP contribution in [0.25, 0.3) is 0 Å². The first-order valence-corrected chi connectivity index (χ1v) is 8.63. The number of anilines is 1. The summed E-state index contributed by atoms with van der Waals surface area (Å²) in [6.45, 7) is 4.70. The molecule has 1 aliphatic rings. The minimum Gasteiger partial charge on any atom is -0.305 e. The van der Waals surface area contributed by atoms with Crippen molar-refractivity contribution in [3.05, 3.63) is 59.2 Å². The van der Waals surface area contributed by atoms with Crippen LogP contribution in [0.3, 0.4) is 0 Å². The number of pyridine rings is 1. The Morgan fingerprint density at radius 1 is 1.32 bits per heavy atom. The number of alkyl halides is 1. The van der Waals surface area contributed by atoms with E-state index in [0.29, 0.717) is 13.0 Å². The van der Waals surface area contributed by atoms with Crippen molar-refractivity contribution >= 4 is 23.2 Å². The van der Waals surface area contributed by atoms with Crippen LogP contribution in [0.4, 0.5) is 10.1 Å². The molecule has 0 radical (unpaired) electrons. The van der Waals surface area contributed by atoms with Crippen molar-refractivity contribution in [3.63, 3.8) is 0 Å². The van der Waals surface area contributed by atoms with Gasteiger partial charge in [-0.25, -0.2) is 4.39 Å². The van der Waals surface area contributed by atoms with Gasteiger partial charge in [0.15, 0.2) is 0 Å². The van der Waals surface area contributed by atoms with E-state index in [1.807, 2.05) is 12.3 Å². The normalized spacial score (nSPS) is 15.2. The number of nitrogens with zero attached hydrogens (tertiary/aromatic N) is 2. The highest BCUT2D eigenvalue weighted by Gasteiger charge is 2.47. The second-order valence-electron chi connectivity index (χ2n) is 6.89. The molecule has 1 aromatic heterocycles. The van der Waals surface area contributed by atoms with Gasteiger partial charge in [-0.1, -0.05) is 12.1 Å². The number of hydrogen-bond acceptors (Lipinski definition) is 2. The van der Waals surface area contributed by atoms with Gasteiger partial charge in [0.25, 0.3) is 5.69 Å². The maximum absolute atomic E-state index is 13.1. The van der Waals surface area contributed by atoms with Crippen molar-refractivity contribution in [3.8, 4) is 0 Å². The number of aromatic nitrogens is 1. The molecule has 1 aliphatic heterocycles. The molecule has 3 rings (SSSR count). The summed E-state index contributed by atoms with van der Waals surface area (Å²) in [5.74, 6) is -0.453. The average molecular weight is 364 g/mol. The summed E-state index contributed by atoms with van der Waals surface area (Å²) in [6, 6.07) is 8.39. The average Bonchev–Trinajstić information content (AvgIpc) is 2.87. The molecule has 0 fully saturated rings. The minimum absolute atomic E-state index is 0.0648. The molecule has 0 saturated heterocycles. The zero-order chi connectivity index (χ0) is 18.2. The number of rotatable bonds is 4. The van der Waals surface area contributed by atoms with Gasteiger partial charge in [-0.3, -0.25) is 9.63 Å². The number of fused-ring (bicyclic) bond motifs is 1. The Morgan fingerprint density at radius 2 is 2.00 bits per heavy atom. The largest absolute Gasteiger partial charge is 0.305 e. The van der Waals surface area contributed by atoms with Crippen LogP contribution >= 0.6 is 11.6 Å². The highest BCUT2D eigenvalue weighted by molar-refractivity contribution is 6.29. The molecule has 0 aliphatic carbocycles. The molecule has 1 aromatic carbocycles. The molecule has 2 aromatic rings. The molecule has 2 heterocycles. The fraction of sp³-hybridized carbons (Fsp3) is 0.368. The highest BCUT2D eigenvalue weighted by Crippen LogP contribution is 2.38. The zero-order valence-electron chi connectivity index (χ0n) is 14.6. The van der Waals surface area contributed by atoms with Gasteiger partial charge in [0.1, 0.15) is 24.5 Å². The first-order chi connectivity index (χ1) is 11.9. The summed E-state index contributed by atoms with van der Waals surface area (Å²) >= 11 is 5.78. The zero-order valence-corrected chi connectivity index (χ0v) is 15.3. The van der Waals surface area contributed by atoms with Gasteiger partial charge in [-0.2, -0.15) is 0 Å². The molecule has 0 N–H and O–H groups in total. The van der Waals surface area contributed by atoms with Crippen LogP contribution in [0.2, 0.25) is 0 Å². The molecule has 0 unspecified atom stereocenters. The number of benzene rings is 1. The third kappa shape index (κ3) is 3.33. The Morgan fingerprint density at radius 3 is 2.60 bits per heavy atom. The number of carbonyl (C=O) groups is 1. The van der Waals surface area contributed by atoms with E-state index in [9.17, 15) is 9.18 Å². The van der Waals surface area contributed by atoms with Crippen LogP contribution < -0.4 is 14.5 Å². The summed E-state index contributed by atoms with van der Waals surface area (Å²) < 4.78 is 14.8. The first-order valence-electron chi connectivity index (χ1n) is 8.10. The molecule has 25 heavy (non-hydrogen) atoms. The predicted molar refractivity (Wildman–Crippen MR) is 94.4 cm³/mol. The van der Waals surface area contributed by atoms with Gasteiger partial charge < -0.3 is 4.90 Å². The van der Waals surface area contributed by atoms with E-state index in [2.05, 4.69) is 13.8 Å². The Balaban J connectivity index is 2.05. The first kappa shape index (κ1) is 17.7. The maximum atomic E-state index is 13.1. The van der Waals surface area contributed by atoms with Crippen LogP contribution in [-0.4, -0.2) is 25.4 Å². The monoisotopic (exact) mass is 363 g/mol. The van der Waals surface area contributed by atoms with E-state index in [4.69, 9.17) is 16.4 Å². The smallest absolute Gasteiger partial charge is 0.265 e. The molecule has 1 amide bonds. The van der Waals surface area contributed by atoms with Crippen LogP contribution in [0.1, 0.15) is 30.7 Å². The highest BCUT2D eigenvalue weighted by atomic mass is 35.5. The molecule has 0 saturated carbocycles. The van der Waals surface area contributed by atoms with E-state index in [0.717, 1.165) is 22.5 Å². The van der Waals surface area contributed by atoms with Gasteiger partial charge in [-0.05, 0) is 37.6 Å². The lowest BCUT2D eigenvalue weighted by molar-refractivity contribution is -0.891. The lowest BCUT2D eigenvalue weighted by Crippen LogP contribution is -2.48. The molecule has 0 atom stereocenters. The summed E-state index contributed by atoms with van der Waals surface area (Å²) in [5.41, 5.74) is 3.46. The van der Waals surface area contributed by atoms with Crippen LogP contribution in [-0.2, 0) is 16.6 Å². The lowest BCUT2D eigenvalue weighted by atomic mass is 9.91. The summed E-state index contributed by atoms with van der Waals surface area (Å²) in [5, 5.41) is 0. The molecular weight excluding hydrogens is 343 g/mol. The van der Waals surface area contributed by atoms with Crippen LogP contribution in [0.5, 0.6) is 0 Å². The van der Waals surface area contributed by atoms with Crippen molar-refractivity contribution in [1.29, 1.82) is 0 Å². The molecule has 132 valence electrons. The lowest BCUT2D eigenvalue weighted by Gasteiger charge is -2.17. The van der Waals surface area contributed by atoms with E-state index < -0.39 is 0 Å². The maximum Gasteiger partial charge on any atom is 0.265 e. The standard InChI is InChI=1S/C19H21ClFN2O2/c1-19(2)12-22(17(24)10-20)16-9-14(11-23(25-3)18(16)19)8-13-4-6-15(21)7-5-13/h4-7,9,11H,8,10,12H2,1-3H3/q+1. The fourth-order valence-corrected chi connectivity index (χ4v) is 3.53. The number of carbonyl (C=O) groups excluding carboxylic acids is 1. The van der Waals surface area contributed by atoms with Crippen molar-refractivity contribution in [2.75, 3.05) is 24.4 Å². The Kier molecular flexibility index (Phi) is 4.69. The van der Waals surface area contributed by atoms with Gasteiger partial charge in [0.05, 0.1) is 5.41 Å². The molecule has 0 spiro atoms. The van der Waals surface area contributed by atoms with Crippen molar-refractivity contribution < 1.29 is 18.8 Å². The second kappa shape index (κ2) is 6.64. The second-order valence-corrected chi connectivity index (χ2v) is 7.16. The molecule has 4 nitrogen and oxygen atoms in total. The SMILES string of the molecule is CO[n+]1cc(Cc2ccc(F)cc2)cc2c1C(C)(C)CN2C(=O)CCl. The topological polar surface area (TPSA) is 33.4 Å². The van der Waals surface area contributed by atoms with Crippen LogP contribution in [0.15, 0.2) is 36.5 Å². The van der Waals surface area contributed by atoms with E-state index in [-0.39, 0.29) is 23.0 Å². The molecule has 0 bridgehead atoms. The third-order valence-corrected chi connectivity index (χ3v) is 4.72. The number of halogens is 2. The van der Waals surface area contributed by atoms with E-state index >= 15 is 0 Å². The van der Waals surface area contributed by atoms with E-state index in [1.54, 1.807) is 28.9 Å². The number of amides is 1. The summed E-state index contributed by atoms with van der Waals surface area (Å²) in [7, 11) is 1.60. The van der Waals surface area contributed by atoms with Gasteiger partial charge in [-0.15, -0.1) is 11.6 Å². The Hall–Kier alpha value is -2.14. The minimum atomic E-state index is -0.259. The summed E-state index contributed by atoms with van der Waals surface area (Å²) in [4.78, 5) is 19.5. The van der Waals surface area contributed by atoms with Crippen LogP contribution in [0, 0.1) is 5.82 Å². The predicted octanol–water partition coefficient (Wildman–Crippen LogP) is 2.63. The molecule has 6 heteroatoms. The van der Waals surface area contributed by atoms with E-state index in [1.165, 1.54) is 12.1 Å². The number of hydrogen-bond donors (Lipinski definition) is 0. The quantitative estimate of drug-likeness (QED) is 0.618. The fourth-order valence-electron chi connectivity index (χ4n) is 3.39. The third-order valence-electron chi connectivity index (χ3n) is 4.49. The van der Waals surface area contributed by atoms with Crippen molar-refractivity contribution in [1.82, 2.24) is 0 Å².